The zero-order valence-electron chi connectivity index (χ0n) is 9.55. The van der Waals surface area contributed by atoms with E-state index in [2.05, 4.69) is 30.5 Å². The third-order valence-corrected chi connectivity index (χ3v) is 2.85. The molecule has 0 aliphatic carbocycles. The van der Waals surface area contributed by atoms with Crippen molar-refractivity contribution in [3.8, 4) is 0 Å². The minimum Gasteiger partial charge on any atom is -0.370 e. The molecule has 90 valence electrons. The van der Waals surface area contributed by atoms with Gasteiger partial charge in [0.05, 0.1) is 0 Å². The second kappa shape index (κ2) is 6.19. The SMILES string of the molecule is CSc1cc(NCCCc2ncn[nH]2)ncn1. The predicted octanol–water partition coefficient (Wildman–Crippen LogP) is 1.36. The van der Waals surface area contributed by atoms with Gasteiger partial charge in [0.25, 0.3) is 0 Å². The number of hydrogen-bond donors (Lipinski definition) is 2. The summed E-state index contributed by atoms with van der Waals surface area (Å²) in [7, 11) is 0. The van der Waals surface area contributed by atoms with Gasteiger partial charge in [0.1, 0.15) is 29.3 Å². The lowest BCUT2D eigenvalue weighted by Gasteiger charge is -2.04. The third kappa shape index (κ3) is 3.70. The Kier molecular flexibility index (Phi) is 4.31. The zero-order chi connectivity index (χ0) is 11.9. The van der Waals surface area contributed by atoms with Crippen LogP contribution in [0.2, 0.25) is 0 Å². The van der Waals surface area contributed by atoms with Gasteiger partial charge < -0.3 is 5.32 Å². The quantitative estimate of drug-likeness (QED) is 0.458. The lowest BCUT2D eigenvalue weighted by atomic mass is 10.3. The van der Waals surface area contributed by atoms with Gasteiger partial charge in [0, 0.05) is 19.0 Å². The first kappa shape index (κ1) is 11.8. The summed E-state index contributed by atoms with van der Waals surface area (Å²) in [5, 5.41) is 10.9. The molecule has 0 amide bonds. The Morgan fingerprint density at radius 3 is 3.00 bits per heavy atom. The molecule has 0 radical (unpaired) electrons. The van der Waals surface area contributed by atoms with Crippen LogP contribution in [0, 0.1) is 0 Å². The van der Waals surface area contributed by atoms with Gasteiger partial charge in [-0.25, -0.2) is 15.0 Å². The first-order valence-electron chi connectivity index (χ1n) is 5.32. The number of aryl methyl sites for hydroxylation is 1. The van der Waals surface area contributed by atoms with Gasteiger partial charge in [-0.1, -0.05) is 0 Å². The van der Waals surface area contributed by atoms with Crippen molar-refractivity contribution in [1.29, 1.82) is 0 Å². The van der Waals surface area contributed by atoms with Gasteiger partial charge in [-0.3, -0.25) is 5.10 Å². The molecular weight excluding hydrogens is 236 g/mol. The molecule has 6 nitrogen and oxygen atoms in total. The topological polar surface area (TPSA) is 79.4 Å². The van der Waals surface area contributed by atoms with Crippen LogP contribution in [0.15, 0.2) is 23.7 Å². The summed E-state index contributed by atoms with van der Waals surface area (Å²) in [6.45, 7) is 0.853. The fourth-order valence-electron chi connectivity index (χ4n) is 1.37. The van der Waals surface area contributed by atoms with Gasteiger partial charge in [-0.15, -0.1) is 11.8 Å². The lowest BCUT2D eigenvalue weighted by molar-refractivity contribution is 0.802. The maximum atomic E-state index is 4.15. The van der Waals surface area contributed by atoms with Crippen molar-refractivity contribution >= 4 is 17.6 Å². The third-order valence-electron chi connectivity index (χ3n) is 2.21. The summed E-state index contributed by atoms with van der Waals surface area (Å²) < 4.78 is 0. The van der Waals surface area contributed by atoms with Crippen molar-refractivity contribution in [2.75, 3.05) is 18.1 Å². The maximum Gasteiger partial charge on any atom is 0.137 e. The summed E-state index contributed by atoms with van der Waals surface area (Å²) in [6, 6.07) is 1.94. The maximum absolute atomic E-state index is 4.15. The van der Waals surface area contributed by atoms with Crippen molar-refractivity contribution in [2.24, 2.45) is 0 Å². The van der Waals surface area contributed by atoms with Crippen LogP contribution in [0.1, 0.15) is 12.2 Å². The molecule has 2 heterocycles. The number of rotatable bonds is 6. The van der Waals surface area contributed by atoms with E-state index in [1.807, 2.05) is 12.3 Å². The van der Waals surface area contributed by atoms with E-state index in [0.29, 0.717) is 0 Å². The Bertz CT molecular complexity index is 444. The van der Waals surface area contributed by atoms with Crippen molar-refractivity contribution in [3.05, 3.63) is 24.5 Å². The van der Waals surface area contributed by atoms with Crippen LogP contribution in [0.4, 0.5) is 5.82 Å². The van der Waals surface area contributed by atoms with Crippen molar-refractivity contribution in [3.63, 3.8) is 0 Å². The van der Waals surface area contributed by atoms with Crippen LogP contribution in [-0.2, 0) is 6.42 Å². The molecule has 2 N–H and O–H groups in total. The fraction of sp³-hybridized carbons (Fsp3) is 0.400. The first-order valence-corrected chi connectivity index (χ1v) is 6.55. The van der Waals surface area contributed by atoms with Gasteiger partial charge >= 0.3 is 0 Å². The number of aromatic nitrogens is 5. The fourth-order valence-corrected chi connectivity index (χ4v) is 1.75. The molecular formula is C10H14N6S. The number of thioether (sulfide) groups is 1. The highest BCUT2D eigenvalue weighted by atomic mass is 32.2. The number of anilines is 1. The molecule has 0 unspecified atom stereocenters. The normalized spacial score (nSPS) is 10.4. The minimum absolute atomic E-state index is 0.853. The van der Waals surface area contributed by atoms with Crippen LogP contribution in [0.25, 0.3) is 0 Å². The van der Waals surface area contributed by atoms with Gasteiger partial charge in [-0.2, -0.15) is 5.10 Å². The average molecular weight is 250 g/mol. The van der Waals surface area contributed by atoms with E-state index in [9.17, 15) is 0 Å². The first-order chi connectivity index (χ1) is 8.38. The van der Waals surface area contributed by atoms with Crippen LogP contribution in [0.5, 0.6) is 0 Å². The predicted molar refractivity (Wildman–Crippen MR) is 67.0 cm³/mol. The van der Waals surface area contributed by atoms with E-state index in [0.717, 1.165) is 36.1 Å². The Labute approximate surface area is 104 Å². The average Bonchev–Trinajstić information content (AvgIpc) is 2.88. The van der Waals surface area contributed by atoms with E-state index in [4.69, 9.17) is 0 Å². The van der Waals surface area contributed by atoms with E-state index in [1.54, 1.807) is 18.1 Å². The Morgan fingerprint density at radius 1 is 1.29 bits per heavy atom. The molecule has 0 fully saturated rings. The number of nitrogens with zero attached hydrogens (tertiary/aromatic N) is 4. The molecule has 2 aromatic heterocycles. The van der Waals surface area contributed by atoms with E-state index < -0.39 is 0 Å². The highest BCUT2D eigenvalue weighted by Crippen LogP contribution is 2.13. The van der Waals surface area contributed by atoms with Gasteiger partial charge in [0.15, 0.2) is 0 Å². The molecule has 0 aliphatic heterocycles. The van der Waals surface area contributed by atoms with Crippen LogP contribution in [-0.4, -0.2) is 37.9 Å². The molecule has 0 aliphatic rings. The number of nitrogens with one attached hydrogen (secondary N) is 2. The number of aromatic amines is 1. The molecule has 7 heteroatoms. The van der Waals surface area contributed by atoms with Crippen LogP contribution < -0.4 is 5.32 Å². The lowest BCUT2D eigenvalue weighted by Crippen LogP contribution is -2.05. The summed E-state index contributed by atoms with van der Waals surface area (Å²) >= 11 is 1.61. The highest BCUT2D eigenvalue weighted by Gasteiger charge is 1.98. The molecule has 0 aromatic carbocycles. The van der Waals surface area contributed by atoms with E-state index >= 15 is 0 Å². The van der Waals surface area contributed by atoms with Crippen molar-refractivity contribution in [1.82, 2.24) is 25.1 Å². The molecule has 2 rings (SSSR count). The van der Waals surface area contributed by atoms with Crippen molar-refractivity contribution in [2.45, 2.75) is 17.9 Å². The van der Waals surface area contributed by atoms with Gasteiger partial charge in [-0.05, 0) is 12.7 Å². The second-order valence-corrected chi connectivity index (χ2v) is 4.23. The van der Waals surface area contributed by atoms with Crippen molar-refractivity contribution < 1.29 is 0 Å². The second-order valence-electron chi connectivity index (χ2n) is 3.41. The van der Waals surface area contributed by atoms with Crippen LogP contribution >= 0.6 is 11.8 Å². The van der Waals surface area contributed by atoms with E-state index in [-0.39, 0.29) is 0 Å². The minimum atomic E-state index is 0.853. The monoisotopic (exact) mass is 250 g/mol. The number of hydrogen-bond acceptors (Lipinski definition) is 6. The number of H-pyrrole nitrogens is 1. The smallest absolute Gasteiger partial charge is 0.137 e. The Morgan fingerprint density at radius 2 is 2.24 bits per heavy atom. The molecule has 0 atom stereocenters. The summed E-state index contributed by atoms with van der Waals surface area (Å²) in [5.41, 5.74) is 0. The summed E-state index contributed by atoms with van der Waals surface area (Å²) in [5.74, 6) is 1.78. The van der Waals surface area contributed by atoms with Gasteiger partial charge in [0.2, 0.25) is 0 Å². The highest BCUT2D eigenvalue weighted by molar-refractivity contribution is 7.98. The molecule has 0 spiro atoms. The molecule has 2 aromatic rings. The zero-order valence-corrected chi connectivity index (χ0v) is 10.4. The molecule has 0 saturated heterocycles. The van der Waals surface area contributed by atoms with E-state index in [1.165, 1.54) is 6.33 Å². The Balaban J connectivity index is 1.74. The molecule has 0 saturated carbocycles. The molecule has 0 bridgehead atoms. The largest absolute Gasteiger partial charge is 0.370 e. The van der Waals surface area contributed by atoms with Crippen LogP contribution in [0.3, 0.4) is 0 Å². The summed E-state index contributed by atoms with van der Waals surface area (Å²) in [4.78, 5) is 12.3. The summed E-state index contributed by atoms with van der Waals surface area (Å²) in [6.07, 6.45) is 6.96. The Hall–Kier alpha value is -1.63. The molecule has 17 heavy (non-hydrogen) atoms. The standard InChI is InChI=1S/C10H14N6S/c1-17-10-5-9(12-6-14-10)11-4-2-3-8-13-7-15-16-8/h5-7H,2-4H2,1H3,(H,11,12,14)(H,13,15,16).